The predicted molar refractivity (Wildman–Crippen MR) is 69.7 cm³/mol. The van der Waals surface area contributed by atoms with Gasteiger partial charge in [0.25, 0.3) is 5.91 Å². The van der Waals surface area contributed by atoms with Crippen molar-refractivity contribution in [3.8, 4) is 5.75 Å². The number of phenolic OH excluding ortho intramolecular Hbond substituents is 1. The summed E-state index contributed by atoms with van der Waals surface area (Å²) in [6.45, 7) is 0. The number of carbonyl (C=O) groups excluding carboxylic acids is 1. The number of amides is 1. The Labute approximate surface area is 108 Å². The van der Waals surface area contributed by atoms with Crippen molar-refractivity contribution in [3.05, 3.63) is 47.2 Å². The second kappa shape index (κ2) is 4.93. The van der Waals surface area contributed by atoms with E-state index >= 15 is 0 Å². The molecule has 2 aromatic rings. The first-order valence-electron chi connectivity index (χ1n) is 5.07. The van der Waals surface area contributed by atoms with Crippen LogP contribution in [0.1, 0.15) is 10.4 Å². The summed E-state index contributed by atoms with van der Waals surface area (Å²) >= 11 is 5.69. The summed E-state index contributed by atoms with van der Waals surface area (Å²) in [4.78, 5) is 15.7. The zero-order valence-corrected chi connectivity index (χ0v) is 9.98. The van der Waals surface area contributed by atoms with Gasteiger partial charge in [0.05, 0.1) is 23.1 Å². The van der Waals surface area contributed by atoms with Gasteiger partial charge in [0.1, 0.15) is 5.75 Å². The molecule has 0 aliphatic carbocycles. The number of aromatic nitrogens is 1. The summed E-state index contributed by atoms with van der Waals surface area (Å²) in [5, 5.41) is 12.6. The zero-order chi connectivity index (χ0) is 13.1. The fraction of sp³-hybridized carbons (Fsp3) is 0. The molecule has 0 aliphatic heterocycles. The summed E-state index contributed by atoms with van der Waals surface area (Å²) in [5.74, 6) is -0.658. The van der Waals surface area contributed by atoms with E-state index in [1.807, 2.05) is 0 Å². The first-order chi connectivity index (χ1) is 8.58. The van der Waals surface area contributed by atoms with E-state index in [9.17, 15) is 9.90 Å². The molecule has 0 atom stereocenters. The quantitative estimate of drug-likeness (QED) is 0.775. The predicted octanol–water partition coefficient (Wildman–Crippen LogP) is 2.28. The fourth-order valence-corrected chi connectivity index (χ4v) is 1.57. The number of aromatic hydroxyl groups is 1. The molecule has 0 spiro atoms. The number of hydrogen-bond acceptors (Lipinski definition) is 4. The lowest BCUT2D eigenvalue weighted by atomic mass is 10.2. The number of carbonyl (C=O) groups is 1. The Balaban J connectivity index is 2.25. The molecule has 0 saturated heterocycles. The summed E-state index contributed by atoms with van der Waals surface area (Å²) in [6.07, 6.45) is 2.94. The highest BCUT2D eigenvalue weighted by Gasteiger charge is 2.12. The number of rotatable bonds is 2. The first-order valence-corrected chi connectivity index (χ1v) is 5.45. The van der Waals surface area contributed by atoms with E-state index in [4.69, 9.17) is 17.3 Å². The van der Waals surface area contributed by atoms with Crippen LogP contribution in [0.4, 0.5) is 11.4 Å². The lowest BCUT2D eigenvalue weighted by molar-refractivity contribution is 0.102. The van der Waals surface area contributed by atoms with E-state index in [1.165, 1.54) is 30.6 Å². The topological polar surface area (TPSA) is 88.2 Å². The van der Waals surface area contributed by atoms with Gasteiger partial charge in [0.2, 0.25) is 0 Å². The van der Waals surface area contributed by atoms with Crippen LogP contribution in [-0.2, 0) is 0 Å². The van der Waals surface area contributed by atoms with Crippen molar-refractivity contribution >= 4 is 28.9 Å². The third-order valence-corrected chi connectivity index (χ3v) is 2.54. The van der Waals surface area contributed by atoms with E-state index in [0.29, 0.717) is 16.4 Å². The Morgan fingerprint density at radius 1 is 1.39 bits per heavy atom. The van der Waals surface area contributed by atoms with Gasteiger partial charge in [-0.15, -0.1) is 0 Å². The van der Waals surface area contributed by atoms with Crippen molar-refractivity contribution in [2.45, 2.75) is 0 Å². The molecule has 1 heterocycles. The number of halogens is 1. The molecule has 0 aliphatic rings. The maximum Gasteiger partial charge on any atom is 0.259 e. The Hall–Kier alpha value is -2.27. The Morgan fingerprint density at radius 2 is 2.17 bits per heavy atom. The molecule has 1 amide bonds. The Bertz CT molecular complexity index is 602. The molecule has 0 fully saturated rings. The molecule has 1 aromatic heterocycles. The third-order valence-electron chi connectivity index (χ3n) is 2.30. The fourth-order valence-electron chi connectivity index (χ4n) is 1.41. The molecule has 6 heteroatoms. The van der Waals surface area contributed by atoms with Crippen LogP contribution in [-0.4, -0.2) is 16.0 Å². The van der Waals surface area contributed by atoms with Crippen molar-refractivity contribution in [1.29, 1.82) is 0 Å². The summed E-state index contributed by atoms with van der Waals surface area (Å²) in [7, 11) is 0. The maximum atomic E-state index is 11.9. The maximum absolute atomic E-state index is 11.9. The monoisotopic (exact) mass is 263 g/mol. The standard InChI is InChI=1S/C12H10ClN3O2/c13-7-1-2-8(11(17)5-7)12(18)16-10-3-4-15-6-9(10)14/h1-6,17H,14H2,(H,15,16,18). The van der Waals surface area contributed by atoms with Crippen LogP contribution in [0.15, 0.2) is 36.7 Å². The van der Waals surface area contributed by atoms with Crippen LogP contribution in [0.5, 0.6) is 5.75 Å². The van der Waals surface area contributed by atoms with Gasteiger partial charge in [-0.25, -0.2) is 0 Å². The van der Waals surface area contributed by atoms with Gasteiger partial charge in [-0.3, -0.25) is 9.78 Å². The minimum atomic E-state index is -0.470. The van der Waals surface area contributed by atoms with Gasteiger partial charge in [0.15, 0.2) is 0 Å². The number of nitrogens with zero attached hydrogens (tertiary/aromatic N) is 1. The van der Waals surface area contributed by atoms with E-state index < -0.39 is 5.91 Å². The molecule has 0 saturated carbocycles. The minimum absolute atomic E-state index is 0.121. The molecule has 1 aromatic carbocycles. The molecule has 2 rings (SSSR count). The van der Waals surface area contributed by atoms with Crippen molar-refractivity contribution < 1.29 is 9.90 Å². The SMILES string of the molecule is Nc1cnccc1NC(=O)c1ccc(Cl)cc1O. The second-order valence-electron chi connectivity index (χ2n) is 3.58. The summed E-state index contributed by atoms with van der Waals surface area (Å²) in [5.41, 5.74) is 6.55. The van der Waals surface area contributed by atoms with Crippen LogP contribution in [0, 0.1) is 0 Å². The van der Waals surface area contributed by atoms with Gasteiger partial charge in [-0.05, 0) is 24.3 Å². The summed E-state index contributed by atoms with van der Waals surface area (Å²) in [6, 6.07) is 5.82. The van der Waals surface area contributed by atoms with Gasteiger partial charge >= 0.3 is 0 Å². The molecule has 92 valence electrons. The number of anilines is 2. The molecule has 4 N–H and O–H groups in total. The van der Waals surface area contributed by atoms with E-state index in [0.717, 1.165) is 0 Å². The number of phenols is 1. The van der Waals surface area contributed by atoms with Crippen LogP contribution in [0.25, 0.3) is 0 Å². The summed E-state index contributed by atoms with van der Waals surface area (Å²) < 4.78 is 0. The lowest BCUT2D eigenvalue weighted by Crippen LogP contribution is -2.13. The van der Waals surface area contributed by atoms with Crippen LogP contribution in [0.2, 0.25) is 5.02 Å². The number of benzene rings is 1. The number of pyridine rings is 1. The number of hydrogen-bond donors (Lipinski definition) is 3. The number of nitrogen functional groups attached to an aromatic ring is 1. The Morgan fingerprint density at radius 3 is 2.83 bits per heavy atom. The minimum Gasteiger partial charge on any atom is -0.507 e. The van der Waals surface area contributed by atoms with Gasteiger partial charge < -0.3 is 16.2 Å². The van der Waals surface area contributed by atoms with E-state index in [1.54, 1.807) is 6.07 Å². The molecule has 18 heavy (non-hydrogen) atoms. The molecule has 0 bridgehead atoms. The van der Waals surface area contributed by atoms with Gasteiger partial charge in [-0.2, -0.15) is 0 Å². The third kappa shape index (κ3) is 2.52. The van der Waals surface area contributed by atoms with Crippen molar-refractivity contribution in [3.63, 3.8) is 0 Å². The molecule has 0 radical (unpaired) electrons. The average Bonchev–Trinajstić information content (AvgIpc) is 2.32. The van der Waals surface area contributed by atoms with Crippen LogP contribution >= 0.6 is 11.6 Å². The number of nitrogens with one attached hydrogen (secondary N) is 1. The molecule has 5 nitrogen and oxygen atoms in total. The smallest absolute Gasteiger partial charge is 0.259 e. The van der Waals surface area contributed by atoms with Crippen molar-refractivity contribution in [2.75, 3.05) is 11.1 Å². The molecule has 0 unspecified atom stereocenters. The van der Waals surface area contributed by atoms with Crippen LogP contribution in [0.3, 0.4) is 0 Å². The highest BCUT2D eigenvalue weighted by atomic mass is 35.5. The zero-order valence-electron chi connectivity index (χ0n) is 9.22. The average molecular weight is 264 g/mol. The van der Waals surface area contributed by atoms with Gasteiger partial charge in [-0.1, -0.05) is 11.6 Å². The highest BCUT2D eigenvalue weighted by Crippen LogP contribution is 2.24. The lowest BCUT2D eigenvalue weighted by Gasteiger charge is -2.08. The van der Waals surface area contributed by atoms with E-state index in [2.05, 4.69) is 10.3 Å². The second-order valence-corrected chi connectivity index (χ2v) is 4.01. The Kier molecular flexibility index (Phi) is 3.34. The van der Waals surface area contributed by atoms with Crippen molar-refractivity contribution in [2.24, 2.45) is 0 Å². The largest absolute Gasteiger partial charge is 0.507 e. The first kappa shape index (κ1) is 12.2. The van der Waals surface area contributed by atoms with Crippen LogP contribution < -0.4 is 11.1 Å². The molecular formula is C12H10ClN3O2. The molecular weight excluding hydrogens is 254 g/mol. The van der Waals surface area contributed by atoms with Crippen molar-refractivity contribution in [1.82, 2.24) is 4.98 Å². The van der Waals surface area contributed by atoms with E-state index in [-0.39, 0.29) is 11.3 Å². The normalized spacial score (nSPS) is 10.1. The highest BCUT2D eigenvalue weighted by molar-refractivity contribution is 6.31. The number of nitrogens with two attached hydrogens (primary N) is 1. The van der Waals surface area contributed by atoms with Gasteiger partial charge in [0, 0.05) is 11.2 Å².